The average Bonchev–Trinajstić information content (AvgIpc) is 3.34. The van der Waals surface area contributed by atoms with E-state index in [1.807, 2.05) is 27.2 Å². The van der Waals surface area contributed by atoms with Crippen LogP contribution < -0.4 is 5.32 Å². The first-order chi connectivity index (χ1) is 35.0. The highest BCUT2D eigenvalue weighted by Gasteiger charge is 2.27. The maximum atomic E-state index is 13.0. The van der Waals surface area contributed by atoms with Gasteiger partial charge in [-0.2, -0.15) is 0 Å². The lowest BCUT2D eigenvalue weighted by Crippen LogP contribution is -2.45. The number of hydrogen-bond acceptors (Lipinski definition) is 5. The number of nitrogens with one attached hydrogen (secondary N) is 1. The van der Waals surface area contributed by atoms with Crippen LogP contribution in [-0.4, -0.2) is 73.4 Å². The van der Waals surface area contributed by atoms with Crippen molar-refractivity contribution >= 4 is 13.7 Å². The predicted molar refractivity (Wildman–Crippen MR) is 313 cm³/mol. The van der Waals surface area contributed by atoms with Crippen molar-refractivity contribution in [2.45, 2.75) is 257 Å². The molecule has 0 bridgehead atoms. The Balaban J connectivity index is 4.17. The molecule has 72 heavy (non-hydrogen) atoms. The number of aliphatic hydroxyl groups excluding tert-OH is 1. The normalized spacial score (nSPS) is 14.6. The molecule has 0 aliphatic carbocycles. The van der Waals surface area contributed by atoms with Crippen LogP contribution in [0.15, 0.2) is 97.2 Å². The highest BCUT2D eigenvalue weighted by atomic mass is 31.2. The fourth-order valence-corrected chi connectivity index (χ4v) is 8.93. The molecule has 0 fully saturated rings. The van der Waals surface area contributed by atoms with Gasteiger partial charge in [-0.1, -0.05) is 259 Å². The monoisotopic (exact) mass is 1030 g/mol. The smallest absolute Gasteiger partial charge is 0.387 e. The van der Waals surface area contributed by atoms with Gasteiger partial charge in [-0.3, -0.25) is 13.8 Å². The van der Waals surface area contributed by atoms with E-state index in [1.54, 1.807) is 6.08 Å². The molecule has 9 heteroatoms. The summed E-state index contributed by atoms with van der Waals surface area (Å²) in [6.07, 6.45) is 76.5. The Morgan fingerprint density at radius 2 is 0.833 bits per heavy atom. The summed E-state index contributed by atoms with van der Waals surface area (Å²) in [7, 11) is 1.56. The molecule has 0 aromatic rings. The van der Waals surface area contributed by atoms with Crippen LogP contribution in [0, 0.1) is 0 Å². The number of likely N-dealkylation sites (N-methyl/N-ethyl adjacent to an activating group) is 1. The van der Waals surface area contributed by atoms with Crippen molar-refractivity contribution in [3.8, 4) is 0 Å². The molecular formula is C63H114N2O6P+. The molecule has 0 spiro atoms. The van der Waals surface area contributed by atoms with Crippen LogP contribution in [0.2, 0.25) is 0 Å². The van der Waals surface area contributed by atoms with Gasteiger partial charge in [0.1, 0.15) is 13.2 Å². The van der Waals surface area contributed by atoms with E-state index in [-0.39, 0.29) is 19.1 Å². The number of hydrogen-bond donors (Lipinski definition) is 3. The minimum absolute atomic E-state index is 0.0573. The van der Waals surface area contributed by atoms with Gasteiger partial charge in [-0.15, -0.1) is 0 Å². The molecule has 416 valence electrons. The van der Waals surface area contributed by atoms with E-state index in [0.29, 0.717) is 17.4 Å². The lowest BCUT2D eigenvalue weighted by Gasteiger charge is -2.25. The molecular weight excluding hydrogens is 912 g/mol. The summed E-state index contributed by atoms with van der Waals surface area (Å²) in [5.74, 6) is -0.183. The highest BCUT2D eigenvalue weighted by molar-refractivity contribution is 7.47. The number of nitrogens with zero attached hydrogens (tertiary/aromatic N) is 1. The van der Waals surface area contributed by atoms with Crippen LogP contribution >= 0.6 is 7.82 Å². The van der Waals surface area contributed by atoms with Crippen molar-refractivity contribution in [3.05, 3.63) is 97.2 Å². The molecule has 0 heterocycles. The Hall–Kier alpha value is -2.58. The molecule has 0 saturated carbocycles. The maximum absolute atomic E-state index is 13.0. The van der Waals surface area contributed by atoms with E-state index in [1.165, 1.54) is 141 Å². The first kappa shape index (κ1) is 69.4. The van der Waals surface area contributed by atoms with Crippen molar-refractivity contribution in [2.75, 3.05) is 40.9 Å². The number of unbranched alkanes of at least 4 members (excludes halogenated alkanes) is 26. The number of aliphatic hydroxyl groups is 1. The fourth-order valence-electron chi connectivity index (χ4n) is 8.20. The summed E-state index contributed by atoms with van der Waals surface area (Å²) < 4.78 is 23.7. The second kappa shape index (κ2) is 53.3. The number of phosphoric ester groups is 1. The Morgan fingerprint density at radius 1 is 0.486 bits per heavy atom. The standard InChI is InChI=1S/C63H113N2O6P/c1-6-8-10-12-14-16-18-20-22-24-25-26-27-28-29-30-31-32-33-34-35-36-37-38-39-41-43-45-47-49-51-53-55-57-63(67)64-61(60-71-72(68,69)70-59-58-65(3,4)5)62(66)56-54-52-50-48-46-44-42-40-23-21-19-17-15-13-11-9-7-2/h8,10,14,16,20,22,25-26,28-29,31-32,34-35,54,56,61-62,66H,6-7,9,11-13,15,17-19,21,23-24,27,30,33,36-53,55,57-60H2,1-5H3,(H-,64,67,68,69)/p+1/b10-8-,16-14-,22-20-,26-25-,29-28-,32-31-,35-34-,56-54+. The quantitative estimate of drug-likeness (QED) is 0.0243. The fraction of sp³-hybridized carbons (Fsp3) is 0.730. The minimum atomic E-state index is -4.35. The molecule has 3 atom stereocenters. The first-order valence-electron chi connectivity index (χ1n) is 29.6. The lowest BCUT2D eigenvalue weighted by molar-refractivity contribution is -0.870. The van der Waals surface area contributed by atoms with E-state index >= 15 is 0 Å². The molecule has 0 rings (SSSR count). The van der Waals surface area contributed by atoms with E-state index in [9.17, 15) is 19.4 Å². The van der Waals surface area contributed by atoms with Crippen LogP contribution in [0.1, 0.15) is 245 Å². The number of amides is 1. The third-order valence-electron chi connectivity index (χ3n) is 12.8. The minimum Gasteiger partial charge on any atom is -0.387 e. The molecule has 1 amide bonds. The molecule has 0 aliphatic heterocycles. The van der Waals surface area contributed by atoms with E-state index in [0.717, 1.165) is 83.5 Å². The van der Waals surface area contributed by atoms with E-state index in [4.69, 9.17) is 9.05 Å². The largest absolute Gasteiger partial charge is 0.472 e. The van der Waals surface area contributed by atoms with Gasteiger partial charge in [0, 0.05) is 6.42 Å². The molecule has 3 N–H and O–H groups in total. The summed E-state index contributed by atoms with van der Waals surface area (Å²) in [5, 5.41) is 13.9. The Labute approximate surface area is 445 Å². The lowest BCUT2D eigenvalue weighted by atomic mass is 10.0. The third-order valence-corrected chi connectivity index (χ3v) is 13.8. The van der Waals surface area contributed by atoms with Gasteiger partial charge in [-0.05, 0) is 77.0 Å². The zero-order valence-corrected chi connectivity index (χ0v) is 48.3. The average molecular weight is 1030 g/mol. The summed E-state index contributed by atoms with van der Waals surface area (Å²) in [5.41, 5.74) is 0. The van der Waals surface area contributed by atoms with Gasteiger partial charge in [0.15, 0.2) is 0 Å². The topological polar surface area (TPSA) is 105 Å². The number of carbonyl (C=O) groups is 1. The third kappa shape index (κ3) is 55.2. The zero-order valence-electron chi connectivity index (χ0n) is 47.4. The van der Waals surface area contributed by atoms with Crippen LogP contribution in [-0.2, 0) is 18.4 Å². The van der Waals surface area contributed by atoms with Crippen molar-refractivity contribution in [2.24, 2.45) is 0 Å². The molecule has 8 nitrogen and oxygen atoms in total. The number of carbonyl (C=O) groups excluding carboxylic acids is 1. The molecule has 0 radical (unpaired) electrons. The molecule has 0 aromatic heterocycles. The van der Waals surface area contributed by atoms with Crippen LogP contribution in [0.3, 0.4) is 0 Å². The predicted octanol–water partition coefficient (Wildman–Crippen LogP) is 18.2. The maximum Gasteiger partial charge on any atom is 0.472 e. The summed E-state index contributed by atoms with van der Waals surface area (Å²) in [4.78, 5) is 23.3. The summed E-state index contributed by atoms with van der Waals surface area (Å²) in [6, 6.07) is -0.854. The molecule has 0 aliphatic rings. The van der Waals surface area contributed by atoms with Crippen LogP contribution in [0.5, 0.6) is 0 Å². The molecule has 0 aromatic carbocycles. The van der Waals surface area contributed by atoms with E-state index < -0.39 is 20.0 Å². The zero-order chi connectivity index (χ0) is 52.7. The van der Waals surface area contributed by atoms with Crippen molar-refractivity contribution < 1.29 is 32.9 Å². The van der Waals surface area contributed by atoms with Gasteiger partial charge in [0.05, 0.1) is 39.9 Å². The SMILES string of the molecule is CC/C=C\C/C=C\C/C=C\C/C=C\C/C=C\C/C=C\C/C=C\CCCCCCCCCCCCCC(=O)NC(COP(=O)(O)OCC[N+](C)(C)C)C(O)/C=C/CCCCCCCCCCCCCCCCC. The summed E-state index contributed by atoms with van der Waals surface area (Å²) >= 11 is 0. The number of allylic oxidation sites excluding steroid dienone is 15. The Bertz CT molecular complexity index is 1490. The van der Waals surface area contributed by atoms with Gasteiger partial charge < -0.3 is 19.8 Å². The van der Waals surface area contributed by atoms with Crippen LogP contribution in [0.4, 0.5) is 0 Å². The number of phosphoric acid groups is 1. The van der Waals surface area contributed by atoms with E-state index in [2.05, 4.69) is 104 Å². The van der Waals surface area contributed by atoms with Gasteiger partial charge >= 0.3 is 7.82 Å². The van der Waals surface area contributed by atoms with Gasteiger partial charge in [0.2, 0.25) is 5.91 Å². The second-order valence-electron chi connectivity index (χ2n) is 21.0. The first-order valence-corrected chi connectivity index (χ1v) is 31.1. The van der Waals surface area contributed by atoms with Gasteiger partial charge in [-0.25, -0.2) is 4.57 Å². The molecule has 0 saturated heterocycles. The van der Waals surface area contributed by atoms with Crippen molar-refractivity contribution in [1.29, 1.82) is 0 Å². The molecule has 3 unspecified atom stereocenters. The van der Waals surface area contributed by atoms with Crippen molar-refractivity contribution in [1.82, 2.24) is 5.32 Å². The number of quaternary nitrogens is 1. The summed E-state index contributed by atoms with van der Waals surface area (Å²) in [6.45, 7) is 4.70. The second-order valence-corrected chi connectivity index (χ2v) is 22.4. The Kier molecular flexibility index (Phi) is 51.3. The van der Waals surface area contributed by atoms with Crippen LogP contribution in [0.25, 0.3) is 0 Å². The number of rotatable bonds is 53. The van der Waals surface area contributed by atoms with Gasteiger partial charge in [0.25, 0.3) is 0 Å². The van der Waals surface area contributed by atoms with Crippen molar-refractivity contribution in [3.63, 3.8) is 0 Å². The Morgan fingerprint density at radius 3 is 1.22 bits per heavy atom. The highest BCUT2D eigenvalue weighted by Crippen LogP contribution is 2.43.